The van der Waals surface area contributed by atoms with Crippen LogP contribution in [0.15, 0.2) is 0 Å². The molecule has 0 bridgehead atoms. The molecule has 0 aliphatic carbocycles. The average Bonchev–Trinajstić information content (AvgIpc) is 2.35. The molecule has 0 saturated carbocycles. The standard InChI is InChI=1S/C14H29N3O2/c1-14(15,13(18)19)8-4-5-9-17-10-6-7-12(11-17)16(2)3/h12H,4-11,15H2,1-3H3,(H,18,19). The van der Waals surface area contributed by atoms with Crippen molar-refractivity contribution in [3.63, 3.8) is 0 Å². The second-order valence-electron chi connectivity index (χ2n) is 6.24. The van der Waals surface area contributed by atoms with Crippen molar-refractivity contribution in [2.24, 2.45) is 5.73 Å². The summed E-state index contributed by atoms with van der Waals surface area (Å²) in [6.07, 6.45) is 4.99. The number of carboxylic acids is 1. The Hall–Kier alpha value is -0.650. The number of hydrogen-bond acceptors (Lipinski definition) is 4. The molecule has 0 aromatic carbocycles. The number of likely N-dealkylation sites (tertiary alicyclic amines) is 1. The maximum Gasteiger partial charge on any atom is 0.323 e. The molecule has 5 nitrogen and oxygen atoms in total. The third-order valence-corrected chi connectivity index (χ3v) is 4.12. The van der Waals surface area contributed by atoms with Crippen molar-refractivity contribution in [3.8, 4) is 0 Å². The Morgan fingerprint density at radius 2 is 2.16 bits per heavy atom. The molecule has 112 valence electrons. The Morgan fingerprint density at radius 1 is 1.47 bits per heavy atom. The van der Waals surface area contributed by atoms with Crippen molar-refractivity contribution in [1.29, 1.82) is 0 Å². The minimum Gasteiger partial charge on any atom is -0.480 e. The first-order chi connectivity index (χ1) is 8.83. The van der Waals surface area contributed by atoms with Crippen molar-refractivity contribution < 1.29 is 9.90 Å². The third-order valence-electron chi connectivity index (χ3n) is 4.12. The van der Waals surface area contributed by atoms with Crippen LogP contribution in [0.3, 0.4) is 0 Å². The number of nitrogens with zero attached hydrogens (tertiary/aromatic N) is 2. The molecular formula is C14H29N3O2. The van der Waals surface area contributed by atoms with Gasteiger partial charge in [0.1, 0.15) is 5.54 Å². The summed E-state index contributed by atoms with van der Waals surface area (Å²) in [5.74, 6) is -0.904. The first-order valence-electron chi connectivity index (χ1n) is 7.24. The predicted octanol–water partition coefficient (Wildman–Crippen LogP) is 0.985. The van der Waals surface area contributed by atoms with Gasteiger partial charge in [-0.05, 0) is 66.2 Å². The molecule has 1 aliphatic rings. The van der Waals surface area contributed by atoms with Gasteiger partial charge in [0.05, 0.1) is 0 Å². The lowest BCUT2D eigenvalue weighted by atomic mass is 9.96. The number of carbonyl (C=O) groups is 1. The van der Waals surface area contributed by atoms with E-state index in [1.165, 1.54) is 19.4 Å². The summed E-state index contributed by atoms with van der Waals surface area (Å²) in [5.41, 5.74) is 4.65. The normalized spacial score (nSPS) is 24.4. The highest BCUT2D eigenvalue weighted by Gasteiger charge is 2.27. The molecule has 3 N–H and O–H groups in total. The van der Waals surface area contributed by atoms with Gasteiger partial charge in [-0.3, -0.25) is 4.79 Å². The molecule has 0 amide bonds. The third kappa shape index (κ3) is 5.47. The lowest BCUT2D eigenvalue weighted by Gasteiger charge is -2.36. The molecular weight excluding hydrogens is 242 g/mol. The molecule has 2 atom stereocenters. The van der Waals surface area contributed by atoms with Gasteiger partial charge in [0.15, 0.2) is 0 Å². The van der Waals surface area contributed by atoms with Crippen molar-refractivity contribution in [2.45, 2.75) is 50.6 Å². The summed E-state index contributed by atoms with van der Waals surface area (Å²) in [6, 6.07) is 0.660. The number of aliphatic carboxylic acids is 1. The Balaban J connectivity index is 2.21. The van der Waals surface area contributed by atoms with E-state index in [-0.39, 0.29) is 0 Å². The molecule has 1 rings (SSSR count). The van der Waals surface area contributed by atoms with Gasteiger partial charge in [0, 0.05) is 12.6 Å². The number of unbranched alkanes of at least 4 members (excludes halogenated alkanes) is 1. The van der Waals surface area contributed by atoms with Crippen LogP contribution in [0, 0.1) is 0 Å². The zero-order valence-electron chi connectivity index (χ0n) is 12.6. The number of hydrogen-bond donors (Lipinski definition) is 2. The number of piperidine rings is 1. The molecule has 0 aromatic heterocycles. The van der Waals surface area contributed by atoms with Gasteiger partial charge in [-0.1, -0.05) is 0 Å². The maximum atomic E-state index is 10.9. The summed E-state index contributed by atoms with van der Waals surface area (Å²) in [7, 11) is 4.28. The fourth-order valence-electron chi connectivity index (χ4n) is 2.59. The molecule has 0 radical (unpaired) electrons. The highest BCUT2D eigenvalue weighted by molar-refractivity contribution is 5.77. The quantitative estimate of drug-likeness (QED) is 0.676. The molecule has 2 unspecified atom stereocenters. The Morgan fingerprint density at radius 3 is 2.74 bits per heavy atom. The summed E-state index contributed by atoms with van der Waals surface area (Å²) < 4.78 is 0. The van der Waals surface area contributed by atoms with E-state index in [0.717, 1.165) is 25.9 Å². The lowest BCUT2D eigenvalue weighted by Crippen LogP contribution is -2.46. The van der Waals surface area contributed by atoms with Gasteiger partial charge in [-0.2, -0.15) is 0 Å². The van der Waals surface area contributed by atoms with Gasteiger partial charge < -0.3 is 20.6 Å². The topological polar surface area (TPSA) is 69.8 Å². The zero-order chi connectivity index (χ0) is 14.5. The molecule has 5 heteroatoms. The van der Waals surface area contributed by atoms with Gasteiger partial charge in [-0.15, -0.1) is 0 Å². The highest BCUT2D eigenvalue weighted by Crippen LogP contribution is 2.16. The number of rotatable bonds is 7. The molecule has 1 heterocycles. The van der Waals surface area contributed by atoms with E-state index >= 15 is 0 Å². The monoisotopic (exact) mass is 271 g/mol. The molecule has 1 fully saturated rings. The second kappa shape index (κ2) is 7.22. The molecule has 1 aliphatic heterocycles. The van der Waals surface area contributed by atoms with Crippen molar-refractivity contribution >= 4 is 5.97 Å². The minimum atomic E-state index is -1.08. The zero-order valence-corrected chi connectivity index (χ0v) is 12.6. The largest absolute Gasteiger partial charge is 0.480 e. The summed E-state index contributed by atoms with van der Waals surface area (Å²) in [4.78, 5) is 15.7. The van der Waals surface area contributed by atoms with E-state index in [9.17, 15) is 4.79 Å². The minimum absolute atomic E-state index is 0.549. The molecule has 1 saturated heterocycles. The van der Waals surface area contributed by atoms with Crippen LogP contribution < -0.4 is 5.73 Å². The predicted molar refractivity (Wildman–Crippen MR) is 77.2 cm³/mol. The fraction of sp³-hybridized carbons (Fsp3) is 0.929. The van der Waals surface area contributed by atoms with E-state index in [2.05, 4.69) is 23.9 Å². The van der Waals surface area contributed by atoms with Crippen LogP contribution in [0.4, 0.5) is 0 Å². The summed E-state index contributed by atoms with van der Waals surface area (Å²) in [5, 5.41) is 8.94. The van der Waals surface area contributed by atoms with Crippen LogP contribution in [0.2, 0.25) is 0 Å². The summed E-state index contributed by atoms with van der Waals surface area (Å²) >= 11 is 0. The van der Waals surface area contributed by atoms with E-state index in [4.69, 9.17) is 10.8 Å². The summed E-state index contributed by atoms with van der Waals surface area (Å²) in [6.45, 7) is 4.95. The smallest absolute Gasteiger partial charge is 0.323 e. The first-order valence-corrected chi connectivity index (χ1v) is 7.24. The average molecular weight is 271 g/mol. The Labute approximate surface area is 116 Å². The van der Waals surface area contributed by atoms with Gasteiger partial charge in [0.2, 0.25) is 0 Å². The maximum absolute atomic E-state index is 10.9. The van der Waals surface area contributed by atoms with Crippen molar-refractivity contribution in [3.05, 3.63) is 0 Å². The van der Waals surface area contributed by atoms with Crippen molar-refractivity contribution in [1.82, 2.24) is 9.80 Å². The molecule has 19 heavy (non-hydrogen) atoms. The van der Waals surface area contributed by atoms with Crippen LogP contribution in [0.1, 0.15) is 39.0 Å². The van der Waals surface area contributed by atoms with E-state index in [1.54, 1.807) is 6.92 Å². The second-order valence-corrected chi connectivity index (χ2v) is 6.24. The lowest BCUT2D eigenvalue weighted by molar-refractivity contribution is -0.142. The van der Waals surface area contributed by atoms with Gasteiger partial charge in [-0.25, -0.2) is 0 Å². The van der Waals surface area contributed by atoms with Crippen LogP contribution in [-0.2, 0) is 4.79 Å². The van der Waals surface area contributed by atoms with Crippen LogP contribution in [0.5, 0.6) is 0 Å². The van der Waals surface area contributed by atoms with Crippen LogP contribution in [0.25, 0.3) is 0 Å². The highest BCUT2D eigenvalue weighted by atomic mass is 16.4. The Bertz CT molecular complexity index is 292. The fourth-order valence-corrected chi connectivity index (χ4v) is 2.59. The number of nitrogens with two attached hydrogens (primary N) is 1. The SMILES string of the molecule is CN(C)C1CCCN(CCCCC(C)(N)C(=O)O)C1. The number of likely N-dealkylation sites (N-methyl/N-ethyl adjacent to an activating group) is 1. The first kappa shape index (κ1) is 16.4. The van der Waals surface area contributed by atoms with Crippen LogP contribution in [-0.4, -0.2) is 66.2 Å². The Kier molecular flexibility index (Phi) is 6.23. The van der Waals surface area contributed by atoms with Gasteiger partial charge >= 0.3 is 5.97 Å². The molecule has 0 spiro atoms. The van der Waals surface area contributed by atoms with E-state index in [1.807, 2.05) is 0 Å². The van der Waals surface area contributed by atoms with Crippen molar-refractivity contribution in [2.75, 3.05) is 33.7 Å². The van der Waals surface area contributed by atoms with Gasteiger partial charge in [0.25, 0.3) is 0 Å². The molecule has 0 aromatic rings. The van der Waals surface area contributed by atoms with Crippen LogP contribution >= 0.6 is 0 Å². The van der Waals surface area contributed by atoms with E-state index < -0.39 is 11.5 Å². The van der Waals surface area contributed by atoms with E-state index in [0.29, 0.717) is 12.5 Å². The number of carboxylic acid groups (broad SMARTS) is 1.